The van der Waals surface area contributed by atoms with Crippen molar-refractivity contribution >= 4 is 23.2 Å². The number of hydrogen-bond acceptors (Lipinski definition) is 13. The molecule has 3 aliphatic carbocycles. The van der Waals surface area contributed by atoms with E-state index >= 15 is 0 Å². The van der Waals surface area contributed by atoms with Gasteiger partial charge in [-0.3, -0.25) is 29.4 Å². The Morgan fingerprint density at radius 2 is 1.74 bits per heavy atom. The van der Waals surface area contributed by atoms with E-state index in [0.29, 0.717) is 5.56 Å². The van der Waals surface area contributed by atoms with E-state index in [1.165, 1.54) is 58.3 Å². The molecule has 0 bridgehead atoms. The number of likely N-dealkylation sites (N-methyl/N-ethyl adjacent to an activating group) is 1. The van der Waals surface area contributed by atoms with Gasteiger partial charge in [0.1, 0.15) is 28.9 Å². The number of phenols is 1. The molecule has 47 heavy (non-hydrogen) atoms. The quantitative estimate of drug-likeness (QED) is 0.156. The number of nitro groups is 1. The van der Waals surface area contributed by atoms with Crippen LogP contribution >= 0.6 is 0 Å². The number of fused-ring (bicyclic) bond motifs is 3. The Bertz CT molecular complexity index is 1780. The lowest BCUT2D eigenvalue weighted by molar-refractivity contribution is -0.386. The first-order valence-electron chi connectivity index (χ1n) is 14.6. The Kier molecular flexibility index (Phi) is 8.29. The zero-order chi connectivity index (χ0) is 34.9. The number of amides is 1. The minimum atomic E-state index is -2.94. The van der Waals surface area contributed by atoms with Crippen LogP contribution in [0.15, 0.2) is 53.0 Å². The van der Waals surface area contributed by atoms with Crippen molar-refractivity contribution in [2.45, 2.75) is 43.6 Å². The molecule has 0 radical (unpaired) electrons. The zero-order valence-corrected chi connectivity index (χ0v) is 26.4. The minimum absolute atomic E-state index is 0.0337. The summed E-state index contributed by atoms with van der Waals surface area (Å²) in [6.07, 6.45) is -3.09. The number of phenolic OH excluding ortho intramolecular Hbond substituents is 1. The molecular formula is C32H35N3O12. The average molecular weight is 654 g/mol. The van der Waals surface area contributed by atoms with E-state index in [9.17, 15) is 44.9 Å². The molecule has 3 aliphatic rings. The number of rotatable bonds is 8. The molecule has 0 aromatic heterocycles. The highest BCUT2D eigenvalue weighted by atomic mass is 16.6. The number of ether oxygens (including phenoxy) is 3. The second kappa shape index (κ2) is 11.7. The molecule has 0 aliphatic heterocycles. The van der Waals surface area contributed by atoms with Crippen molar-refractivity contribution in [2.24, 2.45) is 17.6 Å². The van der Waals surface area contributed by atoms with Crippen LogP contribution in [0.5, 0.6) is 17.2 Å². The number of carbonyl (C=O) groups excluding carboxylic acids is 3. The van der Waals surface area contributed by atoms with Crippen LogP contribution in [0.3, 0.4) is 0 Å². The van der Waals surface area contributed by atoms with Gasteiger partial charge in [-0.2, -0.15) is 0 Å². The average Bonchev–Trinajstić information content (AvgIpc) is 3.01. The van der Waals surface area contributed by atoms with Crippen molar-refractivity contribution in [3.05, 3.63) is 79.8 Å². The van der Waals surface area contributed by atoms with Crippen molar-refractivity contribution in [1.29, 1.82) is 0 Å². The molecule has 0 saturated heterocycles. The summed E-state index contributed by atoms with van der Waals surface area (Å²) in [5, 5.41) is 59.2. The van der Waals surface area contributed by atoms with Crippen molar-refractivity contribution in [3.63, 3.8) is 0 Å². The van der Waals surface area contributed by atoms with E-state index in [1.807, 2.05) is 0 Å². The molecule has 0 spiro atoms. The number of aromatic hydroxyl groups is 1. The maximum atomic E-state index is 14.3. The summed E-state index contributed by atoms with van der Waals surface area (Å²) in [5.74, 6) is -8.99. The van der Waals surface area contributed by atoms with E-state index in [2.05, 4.69) is 0 Å². The fourth-order valence-electron chi connectivity index (χ4n) is 7.32. The number of nitrogens with zero attached hydrogens (tertiary/aromatic N) is 2. The van der Waals surface area contributed by atoms with Crippen LogP contribution in [0, 0.1) is 22.0 Å². The number of primary amides is 1. The molecule has 250 valence electrons. The van der Waals surface area contributed by atoms with E-state index in [1.54, 1.807) is 13.0 Å². The summed E-state index contributed by atoms with van der Waals surface area (Å²) < 4.78 is 16.8. The van der Waals surface area contributed by atoms with Crippen molar-refractivity contribution in [1.82, 2.24) is 4.90 Å². The van der Waals surface area contributed by atoms with Crippen molar-refractivity contribution in [2.75, 3.05) is 28.3 Å². The highest BCUT2D eigenvalue weighted by Gasteiger charge is 2.67. The molecule has 7 atom stereocenters. The number of aliphatic hydroxyl groups is 3. The number of ketones is 2. The lowest BCUT2D eigenvalue weighted by Crippen LogP contribution is -2.68. The number of benzene rings is 2. The number of carbonyl (C=O) groups is 3. The number of methoxy groups -OCH3 is 2. The normalized spacial score (nSPS) is 27.6. The van der Waals surface area contributed by atoms with Crippen molar-refractivity contribution < 1.29 is 53.9 Å². The lowest BCUT2D eigenvalue weighted by atomic mass is 9.55. The number of hydrogen-bond donors (Lipinski definition) is 5. The smallest absolute Gasteiger partial charge is 0.280 e. The summed E-state index contributed by atoms with van der Waals surface area (Å²) in [7, 11) is 5.51. The molecule has 15 nitrogen and oxygen atoms in total. The number of nitro benzene ring substituents is 1. The summed E-state index contributed by atoms with van der Waals surface area (Å²) in [4.78, 5) is 53.4. The monoisotopic (exact) mass is 653 g/mol. The van der Waals surface area contributed by atoms with Crippen LogP contribution in [-0.4, -0.2) is 93.8 Å². The van der Waals surface area contributed by atoms with Gasteiger partial charge in [0.2, 0.25) is 0 Å². The van der Waals surface area contributed by atoms with Crippen molar-refractivity contribution in [3.8, 4) is 17.2 Å². The fraction of sp³-hybridized carbons (Fsp3) is 0.406. The largest absolute Gasteiger partial charge is 0.508 e. The van der Waals surface area contributed by atoms with Gasteiger partial charge in [-0.1, -0.05) is 19.1 Å². The Hall–Kier alpha value is -4.99. The third-order valence-electron chi connectivity index (χ3n) is 9.44. The first-order valence-corrected chi connectivity index (χ1v) is 14.6. The van der Waals surface area contributed by atoms with Crippen LogP contribution in [-0.2, 0) is 14.3 Å². The third kappa shape index (κ3) is 4.72. The van der Waals surface area contributed by atoms with E-state index < -0.39 is 92.5 Å². The number of aliphatic hydroxyl groups excluding tert-OH is 2. The van der Waals surface area contributed by atoms with E-state index in [0.717, 1.165) is 6.07 Å². The predicted molar refractivity (Wildman–Crippen MR) is 163 cm³/mol. The fourth-order valence-corrected chi connectivity index (χ4v) is 7.32. The maximum absolute atomic E-state index is 14.3. The Morgan fingerprint density at radius 3 is 2.30 bits per heavy atom. The van der Waals surface area contributed by atoms with Crippen LogP contribution in [0.2, 0.25) is 0 Å². The Morgan fingerprint density at radius 1 is 1.13 bits per heavy atom. The molecule has 5 rings (SSSR count). The highest BCUT2D eigenvalue weighted by Crippen LogP contribution is 2.58. The molecule has 2 aromatic rings. The molecule has 0 fully saturated rings. The lowest BCUT2D eigenvalue weighted by Gasteiger charge is -2.54. The topological polar surface area (TPSA) is 232 Å². The summed E-state index contributed by atoms with van der Waals surface area (Å²) in [6, 6.07) is 5.30. The molecule has 0 heterocycles. The number of nitrogens with two attached hydrogens (primary N) is 1. The van der Waals surface area contributed by atoms with Gasteiger partial charge in [0.25, 0.3) is 11.6 Å². The summed E-state index contributed by atoms with van der Waals surface area (Å²) >= 11 is 0. The predicted octanol–water partition coefficient (Wildman–Crippen LogP) is 1.80. The molecular weight excluding hydrogens is 618 g/mol. The van der Waals surface area contributed by atoms with Gasteiger partial charge in [0.05, 0.1) is 54.4 Å². The van der Waals surface area contributed by atoms with Crippen LogP contribution in [0.25, 0.3) is 0 Å². The maximum Gasteiger partial charge on any atom is 0.280 e. The molecule has 0 unspecified atom stereocenters. The minimum Gasteiger partial charge on any atom is -0.508 e. The van der Waals surface area contributed by atoms with Gasteiger partial charge in [-0.05, 0) is 44.6 Å². The molecule has 15 heteroatoms. The first kappa shape index (κ1) is 33.4. The van der Waals surface area contributed by atoms with E-state index in [-0.39, 0.29) is 28.2 Å². The molecule has 0 saturated carbocycles. The Labute approximate surface area is 268 Å². The van der Waals surface area contributed by atoms with Gasteiger partial charge >= 0.3 is 0 Å². The molecule has 1 amide bonds. The number of Topliss-reactive ketones (excluding diaryl/α,β-unsaturated/α-hetero) is 2. The van der Waals surface area contributed by atoms with Crippen LogP contribution in [0.4, 0.5) is 5.69 Å². The van der Waals surface area contributed by atoms with Crippen LogP contribution in [0.1, 0.15) is 47.4 Å². The van der Waals surface area contributed by atoms with Gasteiger partial charge in [0.15, 0.2) is 28.7 Å². The first-order chi connectivity index (χ1) is 22.0. The van der Waals surface area contributed by atoms with Crippen LogP contribution < -0.4 is 15.2 Å². The summed E-state index contributed by atoms with van der Waals surface area (Å²) in [6.45, 7) is 3.04. The second-order valence-corrected chi connectivity index (χ2v) is 12.1. The van der Waals surface area contributed by atoms with Gasteiger partial charge in [-0.15, -0.1) is 0 Å². The third-order valence-corrected chi connectivity index (χ3v) is 9.44. The SMILES string of the molecule is COc1cc([C@H](C)OC2=C3C(=O)c4c(O)cccc4[C@H](C)[C@H]3[C@H](O)[C@H]3[C@H](N(C)C)C(=O)C(C(N)=O)=C(O)[C@@]23O)c([N+](=O)[O-])cc1OC. The highest BCUT2D eigenvalue weighted by molar-refractivity contribution is 6.22. The van der Waals surface area contributed by atoms with E-state index in [4.69, 9.17) is 19.9 Å². The molecule has 6 N–H and O–H groups in total. The van der Waals surface area contributed by atoms with Gasteiger partial charge < -0.3 is 40.4 Å². The zero-order valence-electron chi connectivity index (χ0n) is 26.4. The van der Waals surface area contributed by atoms with Gasteiger partial charge in [0, 0.05) is 11.5 Å². The Balaban J connectivity index is 1.87. The second-order valence-electron chi connectivity index (χ2n) is 12.1. The molecule has 2 aromatic carbocycles. The summed E-state index contributed by atoms with van der Waals surface area (Å²) in [5.41, 5.74) is 0.879. The standard InChI is InChI=1S/C32H35N3O12/c1-12-14-8-7-9-17(36)21(14)26(37)22-20(12)27(38)24-25(34(3)4)28(39)23(31(33)41)29(40)32(24,42)30(22)47-13(2)15-10-18(45-5)19(46-6)11-16(15)35(43)44/h7-13,20,24-25,27,36,38,40,42H,1-6H3,(H2,33,41)/t12-,13-,20+,24+,25-,27-,32+/m0/s1. The van der Waals surface area contributed by atoms with Gasteiger partial charge in [-0.25, -0.2) is 0 Å².